The standard InChI is InChI=1S/C21H40O3Si2/c1-16-17(12-13-22)14-18(23-25(8,9)20(2,3)4)15-19(16)24-26(10,11)21(5,6)7/h12-13,18-19H,1,14-15H2,2-11H3/b17-12+/t18?,19-/m1/s1. The second-order valence-corrected chi connectivity index (χ2v) is 20.2. The lowest BCUT2D eigenvalue weighted by Crippen LogP contribution is -2.49. The highest BCUT2D eigenvalue weighted by Crippen LogP contribution is 2.43. The van der Waals surface area contributed by atoms with Gasteiger partial charge in [0.05, 0.1) is 12.2 Å². The Morgan fingerprint density at radius 2 is 1.42 bits per heavy atom. The van der Waals surface area contributed by atoms with Crippen molar-refractivity contribution in [1.29, 1.82) is 0 Å². The molecule has 0 heterocycles. The third-order valence-corrected chi connectivity index (χ3v) is 15.5. The molecule has 0 aromatic rings. The van der Waals surface area contributed by atoms with Crippen LogP contribution in [0.3, 0.4) is 0 Å². The summed E-state index contributed by atoms with van der Waals surface area (Å²) in [6.07, 6.45) is 4.10. The van der Waals surface area contributed by atoms with Crippen LogP contribution in [0.1, 0.15) is 54.4 Å². The molecule has 0 aromatic carbocycles. The molecule has 5 heteroatoms. The predicted molar refractivity (Wildman–Crippen MR) is 117 cm³/mol. The molecule has 3 nitrogen and oxygen atoms in total. The van der Waals surface area contributed by atoms with E-state index in [-0.39, 0.29) is 22.3 Å². The summed E-state index contributed by atoms with van der Waals surface area (Å²) >= 11 is 0. The van der Waals surface area contributed by atoms with Gasteiger partial charge in [0.15, 0.2) is 16.6 Å². The number of hydrogen-bond acceptors (Lipinski definition) is 3. The van der Waals surface area contributed by atoms with E-state index >= 15 is 0 Å². The second kappa shape index (κ2) is 7.86. The van der Waals surface area contributed by atoms with Crippen LogP contribution < -0.4 is 0 Å². The Labute approximate surface area is 163 Å². The van der Waals surface area contributed by atoms with Gasteiger partial charge >= 0.3 is 0 Å². The Kier molecular flexibility index (Phi) is 7.12. The number of rotatable bonds is 5. The number of carbonyl (C=O) groups is 1. The van der Waals surface area contributed by atoms with Gasteiger partial charge < -0.3 is 8.85 Å². The highest BCUT2D eigenvalue weighted by molar-refractivity contribution is 6.74. The molecule has 1 aliphatic rings. The van der Waals surface area contributed by atoms with Gasteiger partial charge in [-0.15, -0.1) is 0 Å². The summed E-state index contributed by atoms with van der Waals surface area (Å²) in [5.41, 5.74) is 1.94. The van der Waals surface area contributed by atoms with Gasteiger partial charge in [-0.25, -0.2) is 0 Å². The number of allylic oxidation sites excluding steroid dienone is 1. The minimum atomic E-state index is -1.93. The molecule has 1 rings (SSSR count). The van der Waals surface area contributed by atoms with E-state index in [1.807, 2.05) is 0 Å². The summed E-state index contributed by atoms with van der Waals surface area (Å²) in [7, 11) is -3.81. The third kappa shape index (κ3) is 5.50. The molecule has 1 fully saturated rings. The fourth-order valence-electron chi connectivity index (χ4n) is 2.64. The fraction of sp³-hybridized carbons (Fsp3) is 0.762. The van der Waals surface area contributed by atoms with Crippen LogP contribution in [-0.4, -0.2) is 35.1 Å². The highest BCUT2D eigenvalue weighted by atomic mass is 28.4. The van der Waals surface area contributed by atoms with Gasteiger partial charge in [-0.05, 0) is 59.9 Å². The topological polar surface area (TPSA) is 35.5 Å². The number of aldehydes is 1. The van der Waals surface area contributed by atoms with Gasteiger partial charge in [-0.1, -0.05) is 48.1 Å². The molecule has 1 unspecified atom stereocenters. The molecule has 0 aromatic heterocycles. The van der Waals surface area contributed by atoms with E-state index in [2.05, 4.69) is 74.3 Å². The highest BCUT2D eigenvalue weighted by Gasteiger charge is 2.44. The summed E-state index contributed by atoms with van der Waals surface area (Å²) < 4.78 is 13.4. The quantitative estimate of drug-likeness (QED) is 0.313. The van der Waals surface area contributed by atoms with E-state index in [1.54, 1.807) is 6.08 Å². The van der Waals surface area contributed by atoms with Gasteiger partial charge in [0.2, 0.25) is 0 Å². The van der Waals surface area contributed by atoms with Crippen molar-refractivity contribution in [2.24, 2.45) is 0 Å². The average molecular weight is 397 g/mol. The van der Waals surface area contributed by atoms with Crippen LogP contribution in [0.15, 0.2) is 23.8 Å². The van der Waals surface area contributed by atoms with E-state index in [4.69, 9.17) is 8.85 Å². The molecule has 26 heavy (non-hydrogen) atoms. The van der Waals surface area contributed by atoms with Crippen molar-refractivity contribution in [3.05, 3.63) is 23.8 Å². The van der Waals surface area contributed by atoms with Crippen molar-refractivity contribution in [3.63, 3.8) is 0 Å². The Morgan fingerprint density at radius 3 is 1.85 bits per heavy atom. The summed E-state index contributed by atoms with van der Waals surface area (Å²) in [5.74, 6) is 0. The normalized spacial score (nSPS) is 24.8. The van der Waals surface area contributed by atoms with Gasteiger partial charge in [-0.2, -0.15) is 0 Å². The zero-order valence-electron chi connectivity index (χ0n) is 18.7. The Balaban J connectivity index is 3.10. The van der Waals surface area contributed by atoms with Crippen molar-refractivity contribution < 1.29 is 13.6 Å². The lowest BCUT2D eigenvalue weighted by atomic mass is 9.86. The van der Waals surface area contributed by atoms with Crippen molar-refractivity contribution in [3.8, 4) is 0 Å². The predicted octanol–water partition coefficient (Wildman–Crippen LogP) is 6.24. The molecule has 0 radical (unpaired) electrons. The SMILES string of the molecule is C=C1/C(=C/C=O)CC(O[Si](C)(C)C(C)(C)C)C[C@H]1O[Si](C)(C)C(C)(C)C. The van der Waals surface area contributed by atoms with Crippen LogP contribution >= 0.6 is 0 Å². The summed E-state index contributed by atoms with van der Waals surface area (Å²) in [5, 5.41) is 0.292. The molecule has 0 aliphatic heterocycles. The number of carbonyl (C=O) groups excluding carboxylic acids is 1. The lowest BCUT2D eigenvalue weighted by molar-refractivity contribution is -0.104. The fourth-order valence-corrected chi connectivity index (χ4v) is 5.31. The lowest BCUT2D eigenvalue weighted by Gasteiger charge is -2.45. The van der Waals surface area contributed by atoms with Crippen LogP contribution in [0, 0.1) is 0 Å². The first kappa shape index (κ1) is 23.5. The molecule has 1 saturated carbocycles. The van der Waals surface area contributed by atoms with Gasteiger partial charge in [0.1, 0.15) is 6.29 Å². The monoisotopic (exact) mass is 396 g/mol. The molecular formula is C21H40O3Si2. The Morgan fingerprint density at radius 1 is 0.962 bits per heavy atom. The number of hydrogen-bond donors (Lipinski definition) is 0. The Bertz CT molecular complexity index is 563. The third-order valence-electron chi connectivity index (χ3n) is 6.51. The average Bonchev–Trinajstić information content (AvgIpc) is 2.40. The van der Waals surface area contributed by atoms with Gasteiger partial charge in [0.25, 0.3) is 0 Å². The molecule has 2 atom stereocenters. The molecular weight excluding hydrogens is 356 g/mol. The minimum absolute atomic E-state index is 0.0642. The Hall–Kier alpha value is -0.496. The summed E-state index contributed by atoms with van der Waals surface area (Å²) in [4.78, 5) is 11.1. The summed E-state index contributed by atoms with van der Waals surface area (Å²) in [6, 6.07) is 0. The van der Waals surface area contributed by atoms with Crippen molar-refractivity contribution in [1.82, 2.24) is 0 Å². The molecule has 0 saturated heterocycles. The smallest absolute Gasteiger partial charge is 0.192 e. The first-order chi connectivity index (χ1) is 11.5. The van der Waals surface area contributed by atoms with Crippen LogP contribution in [-0.2, 0) is 13.6 Å². The van der Waals surface area contributed by atoms with Crippen molar-refractivity contribution in [2.75, 3.05) is 0 Å². The zero-order valence-corrected chi connectivity index (χ0v) is 20.7. The first-order valence-electron chi connectivity index (χ1n) is 9.71. The maximum atomic E-state index is 11.1. The van der Waals surface area contributed by atoms with Crippen molar-refractivity contribution >= 4 is 22.9 Å². The van der Waals surface area contributed by atoms with E-state index in [0.29, 0.717) is 0 Å². The van der Waals surface area contributed by atoms with Crippen LogP contribution in [0.25, 0.3) is 0 Å². The van der Waals surface area contributed by atoms with Gasteiger partial charge in [0, 0.05) is 6.42 Å². The largest absolute Gasteiger partial charge is 0.413 e. The van der Waals surface area contributed by atoms with Crippen LogP contribution in [0.2, 0.25) is 36.3 Å². The molecule has 0 bridgehead atoms. The molecule has 0 N–H and O–H groups in total. The van der Waals surface area contributed by atoms with E-state index in [1.165, 1.54) is 0 Å². The first-order valence-corrected chi connectivity index (χ1v) is 15.5. The molecule has 0 amide bonds. The maximum Gasteiger partial charge on any atom is 0.192 e. The van der Waals surface area contributed by atoms with Crippen molar-refractivity contribution in [2.45, 2.75) is 103 Å². The molecule has 150 valence electrons. The van der Waals surface area contributed by atoms with Crippen LogP contribution in [0.5, 0.6) is 0 Å². The van der Waals surface area contributed by atoms with E-state index in [0.717, 1.165) is 30.3 Å². The van der Waals surface area contributed by atoms with Gasteiger partial charge in [-0.3, -0.25) is 4.79 Å². The minimum Gasteiger partial charge on any atom is -0.413 e. The van der Waals surface area contributed by atoms with E-state index < -0.39 is 16.6 Å². The molecule has 0 spiro atoms. The van der Waals surface area contributed by atoms with E-state index in [9.17, 15) is 4.79 Å². The maximum absolute atomic E-state index is 11.1. The zero-order chi connectivity index (χ0) is 20.6. The van der Waals surface area contributed by atoms with Crippen LogP contribution in [0.4, 0.5) is 0 Å². The second-order valence-electron chi connectivity index (χ2n) is 10.7. The molecule has 1 aliphatic carbocycles. The summed E-state index contributed by atoms with van der Waals surface area (Å²) in [6.45, 7) is 26.9.